The first-order valence-electron chi connectivity index (χ1n) is 25.8. The summed E-state index contributed by atoms with van der Waals surface area (Å²) in [4.78, 5) is 61.9. The summed E-state index contributed by atoms with van der Waals surface area (Å²) in [5.41, 5.74) is 8.50. The Morgan fingerprint density at radius 3 is 1.51 bits per heavy atom. The van der Waals surface area contributed by atoms with Gasteiger partial charge in [0, 0.05) is 82.2 Å². The number of nitrogens with one attached hydrogen (secondary N) is 3. The highest BCUT2D eigenvalue weighted by molar-refractivity contribution is 5.90. The van der Waals surface area contributed by atoms with E-state index in [-0.39, 0.29) is 30.7 Å². The predicted octanol–water partition coefficient (Wildman–Crippen LogP) is 11.6. The number of ether oxygens (including phenoxy) is 1. The first-order chi connectivity index (χ1) is 36.2. The minimum Gasteiger partial charge on any atom is -0.507 e. The van der Waals surface area contributed by atoms with Crippen molar-refractivity contribution in [1.82, 2.24) is 35.1 Å². The SMILES string of the molecule is CCCCCC(=O)Nc1cccc(CN(Cc2ccccn2)Cc2cc(CCNC(=O)OCc3ccc(-c4ccccc4)cc3)cc(CN(Cc3ccccn3)Cc3cccc(NC(=O)CCCCC)n3)c2O)n1. The second-order valence-corrected chi connectivity index (χ2v) is 18.5. The number of hydrogen-bond acceptors (Lipinski definition) is 11. The number of hydrogen-bond donors (Lipinski definition) is 4. The molecular formula is C60H69N9O5. The normalized spacial score (nSPS) is 11.1. The molecule has 3 aromatic carbocycles. The summed E-state index contributed by atoms with van der Waals surface area (Å²) in [5, 5.41) is 21.3. The Balaban J connectivity index is 1.13. The fourth-order valence-corrected chi connectivity index (χ4v) is 8.62. The van der Waals surface area contributed by atoms with Gasteiger partial charge in [0.05, 0.1) is 22.8 Å². The Morgan fingerprint density at radius 1 is 0.527 bits per heavy atom. The maximum Gasteiger partial charge on any atom is 0.407 e. The second-order valence-electron chi connectivity index (χ2n) is 18.5. The lowest BCUT2D eigenvalue weighted by atomic mass is 10.00. The highest BCUT2D eigenvalue weighted by Gasteiger charge is 2.20. The fourth-order valence-electron chi connectivity index (χ4n) is 8.62. The van der Waals surface area contributed by atoms with Gasteiger partial charge >= 0.3 is 6.09 Å². The maximum absolute atomic E-state index is 13.1. The van der Waals surface area contributed by atoms with Gasteiger partial charge in [-0.05, 0) is 90.0 Å². The Morgan fingerprint density at radius 2 is 1.01 bits per heavy atom. The van der Waals surface area contributed by atoms with Gasteiger partial charge in [-0.2, -0.15) is 0 Å². The van der Waals surface area contributed by atoms with Crippen LogP contribution in [0.25, 0.3) is 11.1 Å². The Labute approximate surface area is 435 Å². The van der Waals surface area contributed by atoms with Gasteiger partial charge in [0.2, 0.25) is 11.8 Å². The third-order valence-corrected chi connectivity index (χ3v) is 12.4. The Bertz CT molecular complexity index is 2700. The Kier molecular flexibility index (Phi) is 21.2. The van der Waals surface area contributed by atoms with Crippen molar-refractivity contribution in [2.45, 2.75) is 118 Å². The monoisotopic (exact) mass is 996 g/mol. The van der Waals surface area contributed by atoms with Crippen molar-refractivity contribution in [1.29, 1.82) is 0 Å². The molecule has 0 unspecified atom stereocenters. The van der Waals surface area contributed by atoms with Crippen molar-refractivity contribution in [3.05, 3.63) is 197 Å². The summed E-state index contributed by atoms with van der Waals surface area (Å²) in [5.74, 6) is 0.985. The molecule has 14 heteroatoms. The molecule has 4 N–H and O–H groups in total. The van der Waals surface area contributed by atoms with Gasteiger partial charge in [-0.3, -0.25) is 29.4 Å². The molecule has 74 heavy (non-hydrogen) atoms. The first kappa shape index (κ1) is 54.0. The zero-order valence-electron chi connectivity index (χ0n) is 42.7. The van der Waals surface area contributed by atoms with Gasteiger partial charge in [-0.1, -0.05) is 131 Å². The summed E-state index contributed by atoms with van der Waals surface area (Å²) < 4.78 is 5.64. The number of pyridine rings is 4. The third kappa shape index (κ3) is 18.0. The van der Waals surface area contributed by atoms with Crippen LogP contribution in [-0.2, 0) is 66.6 Å². The van der Waals surface area contributed by atoms with Gasteiger partial charge in [0.15, 0.2) is 0 Å². The van der Waals surface area contributed by atoms with Crippen LogP contribution in [0.5, 0.6) is 5.75 Å². The summed E-state index contributed by atoms with van der Waals surface area (Å²) in [6.07, 6.45) is 9.98. The van der Waals surface area contributed by atoms with E-state index in [1.807, 2.05) is 115 Å². The molecule has 0 atom stereocenters. The summed E-state index contributed by atoms with van der Waals surface area (Å²) in [6.45, 7) is 6.93. The maximum atomic E-state index is 13.1. The molecule has 0 radical (unpaired) electrons. The molecule has 0 aliphatic carbocycles. The van der Waals surface area contributed by atoms with Crippen LogP contribution in [0.15, 0.2) is 152 Å². The van der Waals surface area contributed by atoms with Crippen molar-refractivity contribution in [2.24, 2.45) is 0 Å². The number of aromatic hydroxyl groups is 1. The number of aromatic nitrogens is 4. The molecule has 0 saturated carbocycles. The summed E-state index contributed by atoms with van der Waals surface area (Å²) >= 11 is 0. The van der Waals surface area contributed by atoms with E-state index >= 15 is 0 Å². The van der Waals surface area contributed by atoms with Crippen LogP contribution in [0, 0.1) is 0 Å². The Hall–Kier alpha value is -7.81. The van der Waals surface area contributed by atoms with Gasteiger partial charge in [0.1, 0.15) is 24.0 Å². The average Bonchev–Trinajstić information content (AvgIpc) is 3.40. The molecule has 384 valence electrons. The number of unbranched alkanes of at least 4 members (excludes halogenated alkanes) is 4. The van der Waals surface area contributed by atoms with Crippen molar-refractivity contribution in [3.8, 4) is 16.9 Å². The molecule has 3 amide bonds. The molecule has 7 rings (SSSR count). The van der Waals surface area contributed by atoms with E-state index in [2.05, 4.69) is 61.7 Å². The number of rotatable bonds is 28. The van der Waals surface area contributed by atoms with E-state index in [1.54, 1.807) is 24.5 Å². The second kappa shape index (κ2) is 29.0. The summed E-state index contributed by atoms with van der Waals surface area (Å²) in [7, 11) is 0. The fraction of sp³-hybridized carbons (Fsp3) is 0.317. The van der Waals surface area contributed by atoms with E-state index in [0.717, 1.165) is 83.6 Å². The van der Waals surface area contributed by atoms with Gasteiger partial charge in [-0.15, -0.1) is 0 Å². The van der Waals surface area contributed by atoms with Crippen molar-refractivity contribution >= 4 is 29.5 Å². The topological polar surface area (TPSA) is 175 Å². The van der Waals surface area contributed by atoms with E-state index in [1.165, 1.54) is 0 Å². The molecule has 4 aromatic heterocycles. The van der Waals surface area contributed by atoms with Crippen molar-refractivity contribution in [3.63, 3.8) is 0 Å². The van der Waals surface area contributed by atoms with Crippen LogP contribution in [0.4, 0.5) is 16.4 Å². The van der Waals surface area contributed by atoms with Crippen LogP contribution in [-0.4, -0.2) is 59.3 Å². The molecule has 0 saturated heterocycles. The van der Waals surface area contributed by atoms with E-state index in [4.69, 9.17) is 14.7 Å². The molecule has 14 nitrogen and oxygen atoms in total. The summed E-state index contributed by atoms with van der Waals surface area (Å²) in [6, 6.07) is 44.9. The average molecular weight is 996 g/mol. The first-order valence-corrected chi connectivity index (χ1v) is 25.8. The largest absolute Gasteiger partial charge is 0.507 e. The number of amides is 3. The highest BCUT2D eigenvalue weighted by Crippen LogP contribution is 2.30. The zero-order chi connectivity index (χ0) is 51.7. The molecule has 4 heterocycles. The molecule has 0 aliphatic rings. The number of carbonyl (C=O) groups excluding carboxylic acids is 3. The number of alkyl carbamates (subject to hydrolysis) is 1. The van der Waals surface area contributed by atoms with E-state index in [0.29, 0.717) is 81.3 Å². The minimum absolute atomic E-state index is 0.0653. The quantitative estimate of drug-likeness (QED) is 0.0344. The van der Waals surface area contributed by atoms with Crippen molar-refractivity contribution < 1.29 is 24.2 Å². The molecule has 0 spiro atoms. The molecule has 7 aromatic rings. The zero-order valence-corrected chi connectivity index (χ0v) is 42.7. The van der Waals surface area contributed by atoms with Crippen LogP contribution >= 0.6 is 0 Å². The number of nitrogens with zero attached hydrogens (tertiary/aromatic N) is 6. The minimum atomic E-state index is -0.529. The third-order valence-electron chi connectivity index (χ3n) is 12.4. The molecule has 0 fully saturated rings. The van der Waals surface area contributed by atoms with Gasteiger partial charge in [-0.25, -0.2) is 14.8 Å². The number of benzene rings is 3. The van der Waals surface area contributed by atoms with Crippen molar-refractivity contribution in [2.75, 3.05) is 17.2 Å². The lowest BCUT2D eigenvalue weighted by Crippen LogP contribution is -2.27. The van der Waals surface area contributed by atoms with Crippen LogP contribution < -0.4 is 16.0 Å². The number of phenolic OH excluding ortho intramolecular Hbond substituents is 1. The van der Waals surface area contributed by atoms with Crippen LogP contribution in [0.2, 0.25) is 0 Å². The number of anilines is 2. The molecule has 0 bridgehead atoms. The number of phenols is 1. The van der Waals surface area contributed by atoms with E-state index < -0.39 is 6.09 Å². The smallest absolute Gasteiger partial charge is 0.407 e. The highest BCUT2D eigenvalue weighted by atomic mass is 16.5. The van der Waals surface area contributed by atoms with Gasteiger partial charge in [0.25, 0.3) is 0 Å². The predicted molar refractivity (Wildman–Crippen MR) is 290 cm³/mol. The number of carbonyl (C=O) groups is 3. The lowest BCUT2D eigenvalue weighted by Gasteiger charge is -2.26. The van der Waals surface area contributed by atoms with Gasteiger partial charge < -0.3 is 25.8 Å². The molecular weight excluding hydrogens is 927 g/mol. The van der Waals surface area contributed by atoms with Crippen LogP contribution in [0.1, 0.15) is 110 Å². The van der Waals surface area contributed by atoms with Crippen LogP contribution in [0.3, 0.4) is 0 Å². The standard InChI is InChI=1S/C60H69N9O5/c1-3-5-8-26-57(70)66-55-24-16-22-53(64-55)42-68(40-51-20-12-14-33-61-51)38-49-36-46(32-35-63-60(73)74-44-45-28-30-48(31-29-45)47-18-10-7-11-19-47)37-50(59(49)72)39-69(41-52-21-13-15-34-62-52)43-54-23-17-25-56(65-54)67-58(71)27-9-6-4-2/h7,10-25,28-31,33-34,36-37,72H,3-6,8-9,26-27,32,35,38-44H2,1-2H3,(H,63,73)(H,64,66,70)(H,65,67,71). The molecule has 0 aliphatic heterocycles. The lowest BCUT2D eigenvalue weighted by molar-refractivity contribution is -0.117. The van der Waals surface area contributed by atoms with E-state index in [9.17, 15) is 19.5 Å².